The van der Waals surface area contributed by atoms with Gasteiger partial charge in [-0.05, 0) is 13.0 Å². The van der Waals surface area contributed by atoms with E-state index in [1.165, 1.54) is 13.2 Å². The summed E-state index contributed by atoms with van der Waals surface area (Å²) < 4.78 is 19.8. The van der Waals surface area contributed by atoms with Gasteiger partial charge in [-0.2, -0.15) is 0 Å². The van der Waals surface area contributed by atoms with Gasteiger partial charge in [-0.15, -0.1) is 0 Å². The predicted molar refractivity (Wildman–Crippen MR) is 57.8 cm³/mol. The first kappa shape index (κ1) is 11.5. The highest BCUT2D eigenvalue weighted by molar-refractivity contribution is 5.55. The molecule has 2 heterocycles. The molecule has 0 aliphatic carbocycles. The molecule has 0 aliphatic rings. The molecule has 15 heavy (non-hydrogen) atoms. The van der Waals surface area contributed by atoms with Gasteiger partial charge in [0.25, 0.3) is 0 Å². The van der Waals surface area contributed by atoms with Crippen molar-refractivity contribution in [3.05, 3.63) is 30.0 Å². The second kappa shape index (κ2) is 4.77. The normalized spacial score (nSPS) is 9.67. The van der Waals surface area contributed by atoms with Crippen LogP contribution in [-0.4, -0.2) is 16.5 Å². The zero-order valence-corrected chi connectivity index (χ0v) is 9.41. The molecule has 0 spiro atoms. The molecule has 0 aromatic carbocycles. The number of rotatable bonds is 1. The van der Waals surface area contributed by atoms with Crippen molar-refractivity contribution in [3.8, 4) is 5.75 Å². The summed E-state index contributed by atoms with van der Waals surface area (Å²) in [6.07, 6.45) is 3.31. The summed E-state index contributed by atoms with van der Waals surface area (Å²) in [5.74, 6) is -0.198. The molecule has 2 aromatic rings. The highest BCUT2D eigenvalue weighted by Gasteiger charge is 2.10. The maximum absolute atomic E-state index is 13.2. The van der Waals surface area contributed by atoms with Gasteiger partial charge in [0.15, 0.2) is 17.2 Å². The highest BCUT2D eigenvalue weighted by atomic mass is 19.1. The number of ether oxygens (including phenoxy) is 1. The van der Waals surface area contributed by atoms with Crippen molar-refractivity contribution in [1.29, 1.82) is 0 Å². The van der Waals surface area contributed by atoms with Crippen LogP contribution in [0.25, 0.3) is 5.65 Å². The molecule has 0 radical (unpaired) electrons. The minimum absolute atomic E-state index is 0.190. The topological polar surface area (TPSA) is 26.5 Å². The van der Waals surface area contributed by atoms with Crippen molar-refractivity contribution in [1.82, 2.24) is 9.38 Å². The highest BCUT2D eigenvalue weighted by Crippen LogP contribution is 2.22. The first-order valence-corrected chi connectivity index (χ1v) is 4.90. The third-order valence-electron chi connectivity index (χ3n) is 1.98. The van der Waals surface area contributed by atoms with E-state index < -0.39 is 0 Å². The molecule has 0 unspecified atom stereocenters. The van der Waals surface area contributed by atoms with Crippen molar-refractivity contribution in [3.63, 3.8) is 0 Å². The van der Waals surface area contributed by atoms with Crippen LogP contribution in [0.4, 0.5) is 4.39 Å². The van der Waals surface area contributed by atoms with Crippen LogP contribution < -0.4 is 4.74 Å². The maximum Gasteiger partial charge on any atom is 0.198 e. The summed E-state index contributed by atoms with van der Waals surface area (Å²) in [7, 11) is 1.43. The zero-order valence-electron chi connectivity index (χ0n) is 9.41. The summed E-state index contributed by atoms with van der Waals surface area (Å²) in [6, 6.07) is 1.36. The molecule has 0 N–H and O–H groups in total. The average Bonchev–Trinajstić information content (AvgIpc) is 2.63. The van der Waals surface area contributed by atoms with Crippen LogP contribution in [0.1, 0.15) is 19.5 Å². The molecule has 2 rings (SSSR count). The van der Waals surface area contributed by atoms with E-state index in [4.69, 9.17) is 4.74 Å². The van der Waals surface area contributed by atoms with E-state index in [0.717, 1.165) is 5.69 Å². The molecule has 0 fully saturated rings. The molecule has 0 aliphatic heterocycles. The van der Waals surface area contributed by atoms with Crippen LogP contribution in [0.3, 0.4) is 0 Å². The zero-order chi connectivity index (χ0) is 11.4. The SMILES string of the molecule is CC.COc1c(F)ccn2c(C)cnc12. The number of nitrogens with zero attached hydrogens (tertiary/aromatic N) is 2. The number of hydrogen-bond donors (Lipinski definition) is 0. The number of hydrogen-bond acceptors (Lipinski definition) is 2. The molecule has 3 nitrogen and oxygen atoms in total. The molecule has 82 valence electrons. The summed E-state index contributed by atoms with van der Waals surface area (Å²) in [6.45, 7) is 5.90. The Morgan fingerprint density at radius 1 is 1.40 bits per heavy atom. The number of halogens is 1. The average molecular weight is 210 g/mol. The fourth-order valence-electron chi connectivity index (χ4n) is 1.31. The van der Waals surface area contributed by atoms with Crippen LogP contribution in [0, 0.1) is 12.7 Å². The van der Waals surface area contributed by atoms with Crippen molar-refractivity contribution < 1.29 is 9.13 Å². The van der Waals surface area contributed by atoms with Gasteiger partial charge >= 0.3 is 0 Å². The first-order chi connectivity index (χ1) is 7.24. The lowest BCUT2D eigenvalue weighted by atomic mass is 10.4. The Kier molecular flexibility index (Phi) is 3.66. The molecule has 0 saturated carbocycles. The Labute approximate surface area is 88.5 Å². The minimum Gasteiger partial charge on any atom is -0.490 e. The molecule has 2 aromatic heterocycles. The smallest absolute Gasteiger partial charge is 0.198 e. The fourth-order valence-corrected chi connectivity index (χ4v) is 1.31. The van der Waals surface area contributed by atoms with E-state index in [9.17, 15) is 4.39 Å². The lowest BCUT2D eigenvalue weighted by Gasteiger charge is -2.03. The summed E-state index contributed by atoms with van der Waals surface area (Å²) >= 11 is 0. The van der Waals surface area contributed by atoms with Gasteiger partial charge < -0.3 is 9.14 Å². The number of aryl methyl sites for hydroxylation is 1. The minimum atomic E-state index is -0.388. The van der Waals surface area contributed by atoms with E-state index in [1.807, 2.05) is 20.8 Å². The maximum atomic E-state index is 13.2. The predicted octanol–water partition coefficient (Wildman–Crippen LogP) is 2.82. The Balaban J connectivity index is 0.000000531. The largest absolute Gasteiger partial charge is 0.490 e. The van der Waals surface area contributed by atoms with E-state index in [1.54, 1.807) is 16.8 Å². The second-order valence-corrected chi connectivity index (χ2v) is 2.79. The summed E-state index contributed by atoms with van der Waals surface area (Å²) in [4.78, 5) is 4.05. The van der Waals surface area contributed by atoms with Crippen molar-refractivity contribution in [2.45, 2.75) is 20.8 Å². The quantitative estimate of drug-likeness (QED) is 0.723. The van der Waals surface area contributed by atoms with E-state index in [2.05, 4.69) is 4.98 Å². The van der Waals surface area contributed by atoms with Gasteiger partial charge in [0.2, 0.25) is 0 Å². The van der Waals surface area contributed by atoms with Crippen LogP contribution >= 0.6 is 0 Å². The standard InChI is InChI=1S/C9H9FN2O.C2H6/c1-6-5-11-9-8(13-2)7(10)3-4-12(6)9;1-2/h3-5H,1-2H3;1-2H3. The Morgan fingerprint density at radius 3 is 2.67 bits per heavy atom. The number of imidazole rings is 1. The molecular weight excluding hydrogens is 195 g/mol. The van der Waals surface area contributed by atoms with Crippen molar-refractivity contribution in [2.24, 2.45) is 0 Å². The molecule has 0 saturated heterocycles. The van der Waals surface area contributed by atoms with Gasteiger partial charge in [-0.25, -0.2) is 9.37 Å². The molecular formula is C11H15FN2O. The molecule has 0 amide bonds. The Morgan fingerprint density at radius 2 is 2.07 bits per heavy atom. The first-order valence-electron chi connectivity index (χ1n) is 4.90. The van der Waals surface area contributed by atoms with Crippen molar-refractivity contribution in [2.75, 3.05) is 7.11 Å². The number of fused-ring (bicyclic) bond motifs is 1. The number of methoxy groups -OCH3 is 1. The number of aromatic nitrogens is 2. The van der Waals surface area contributed by atoms with Crippen LogP contribution in [0.15, 0.2) is 18.5 Å². The van der Waals surface area contributed by atoms with Crippen LogP contribution in [-0.2, 0) is 0 Å². The molecule has 0 atom stereocenters. The van der Waals surface area contributed by atoms with Crippen LogP contribution in [0.5, 0.6) is 5.75 Å². The Hall–Kier alpha value is -1.58. The second-order valence-electron chi connectivity index (χ2n) is 2.79. The van der Waals surface area contributed by atoms with Gasteiger partial charge in [-0.3, -0.25) is 0 Å². The van der Waals surface area contributed by atoms with Gasteiger partial charge in [0.05, 0.1) is 7.11 Å². The fraction of sp³-hybridized carbons (Fsp3) is 0.364. The van der Waals surface area contributed by atoms with Gasteiger partial charge in [0.1, 0.15) is 0 Å². The Bertz CT molecular complexity index is 451. The van der Waals surface area contributed by atoms with E-state index in [0.29, 0.717) is 5.65 Å². The number of pyridine rings is 1. The molecule has 0 bridgehead atoms. The summed E-state index contributed by atoms with van der Waals surface area (Å²) in [5.41, 5.74) is 1.47. The van der Waals surface area contributed by atoms with Crippen LogP contribution in [0.2, 0.25) is 0 Å². The third kappa shape index (κ3) is 1.93. The van der Waals surface area contributed by atoms with Gasteiger partial charge in [-0.1, -0.05) is 13.8 Å². The van der Waals surface area contributed by atoms with Gasteiger partial charge in [0, 0.05) is 18.1 Å². The van der Waals surface area contributed by atoms with E-state index >= 15 is 0 Å². The lowest BCUT2D eigenvalue weighted by molar-refractivity contribution is 0.388. The monoisotopic (exact) mass is 210 g/mol. The van der Waals surface area contributed by atoms with E-state index in [-0.39, 0.29) is 11.6 Å². The van der Waals surface area contributed by atoms with Crippen molar-refractivity contribution >= 4 is 5.65 Å². The third-order valence-corrected chi connectivity index (χ3v) is 1.98. The molecule has 4 heteroatoms. The lowest BCUT2D eigenvalue weighted by Crippen LogP contribution is -1.94. The summed E-state index contributed by atoms with van der Waals surface area (Å²) in [5, 5.41) is 0.